The summed E-state index contributed by atoms with van der Waals surface area (Å²) in [6.45, 7) is 11.1. The van der Waals surface area contributed by atoms with E-state index in [2.05, 4.69) is 43.1 Å². The molecule has 0 spiro atoms. The third kappa shape index (κ3) is 2.92. The van der Waals surface area contributed by atoms with Crippen molar-refractivity contribution in [2.75, 3.05) is 13.1 Å². The first-order valence-corrected chi connectivity index (χ1v) is 7.56. The van der Waals surface area contributed by atoms with Gasteiger partial charge < -0.3 is 5.32 Å². The zero-order valence-electron chi connectivity index (χ0n) is 13.0. The lowest BCUT2D eigenvalue weighted by atomic mass is 9.72. The molecule has 20 heavy (non-hydrogen) atoms. The van der Waals surface area contributed by atoms with Crippen molar-refractivity contribution in [3.05, 3.63) is 12.2 Å². The van der Waals surface area contributed by atoms with Crippen LogP contribution in [0.25, 0.3) is 0 Å². The van der Waals surface area contributed by atoms with Crippen LogP contribution in [-0.4, -0.2) is 33.6 Å². The number of nitrogens with one attached hydrogen (secondary N) is 1. The molecular formula is C15H26N4O. The summed E-state index contributed by atoms with van der Waals surface area (Å²) in [5, 5.41) is 7.58. The average molecular weight is 278 g/mol. The number of carbonyl (C=O) groups is 1. The number of aromatic nitrogens is 3. The van der Waals surface area contributed by atoms with Crippen molar-refractivity contribution in [3.63, 3.8) is 0 Å². The monoisotopic (exact) mass is 278 g/mol. The molecule has 1 aromatic rings. The van der Waals surface area contributed by atoms with Gasteiger partial charge in [0.2, 0.25) is 0 Å². The molecule has 2 heterocycles. The number of ketones is 1. The lowest BCUT2D eigenvalue weighted by molar-refractivity contribution is -0.129. The topological polar surface area (TPSA) is 59.8 Å². The van der Waals surface area contributed by atoms with Crippen molar-refractivity contribution in [1.29, 1.82) is 0 Å². The van der Waals surface area contributed by atoms with E-state index < -0.39 is 0 Å². The standard InChI is InChI=1S/C15H26N4O/c1-11(2)8-19-14(17-10-18-19)7-13(20)15(12(3)4)5-6-16-9-15/h10-12,16H,5-9H2,1-4H3. The van der Waals surface area contributed by atoms with Gasteiger partial charge in [0, 0.05) is 18.5 Å². The van der Waals surface area contributed by atoms with Crippen LogP contribution in [0.4, 0.5) is 0 Å². The molecule has 1 N–H and O–H groups in total. The van der Waals surface area contributed by atoms with E-state index in [0.29, 0.717) is 24.0 Å². The summed E-state index contributed by atoms with van der Waals surface area (Å²) >= 11 is 0. The van der Waals surface area contributed by atoms with Crippen LogP contribution in [0.5, 0.6) is 0 Å². The molecule has 0 aromatic carbocycles. The van der Waals surface area contributed by atoms with Crippen LogP contribution in [0.2, 0.25) is 0 Å². The molecule has 0 saturated carbocycles. The summed E-state index contributed by atoms with van der Waals surface area (Å²) in [6, 6.07) is 0. The first-order chi connectivity index (χ1) is 9.45. The Balaban J connectivity index is 2.13. The van der Waals surface area contributed by atoms with Crippen LogP contribution >= 0.6 is 0 Å². The van der Waals surface area contributed by atoms with Crippen molar-refractivity contribution in [2.45, 2.75) is 47.1 Å². The van der Waals surface area contributed by atoms with E-state index in [4.69, 9.17) is 0 Å². The molecule has 1 aliphatic heterocycles. The van der Waals surface area contributed by atoms with Crippen molar-refractivity contribution in [1.82, 2.24) is 20.1 Å². The smallest absolute Gasteiger partial charge is 0.148 e. The van der Waals surface area contributed by atoms with Crippen molar-refractivity contribution >= 4 is 5.78 Å². The maximum atomic E-state index is 12.8. The SMILES string of the molecule is CC(C)Cn1ncnc1CC(=O)C1(C(C)C)CCNC1. The summed E-state index contributed by atoms with van der Waals surface area (Å²) in [4.78, 5) is 17.1. The molecule has 1 aliphatic rings. The Bertz CT molecular complexity index is 458. The van der Waals surface area contributed by atoms with Gasteiger partial charge in [-0.2, -0.15) is 5.10 Å². The van der Waals surface area contributed by atoms with Crippen molar-refractivity contribution in [2.24, 2.45) is 17.3 Å². The average Bonchev–Trinajstić information content (AvgIpc) is 2.99. The number of hydrogen-bond donors (Lipinski definition) is 1. The normalized spacial score (nSPS) is 22.9. The van der Waals surface area contributed by atoms with Gasteiger partial charge >= 0.3 is 0 Å². The molecule has 112 valence electrons. The molecule has 0 amide bonds. The molecule has 1 atom stereocenters. The van der Waals surface area contributed by atoms with Gasteiger partial charge in [-0.1, -0.05) is 27.7 Å². The summed E-state index contributed by atoms with van der Waals surface area (Å²) in [5.74, 6) is 1.95. The Hall–Kier alpha value is -1.23. The fourth-order valence-corrected chi connectivity index (χ4v) is 3.01. The second-order valence-corrected chi connectivity index (χ2v) is 6.59. The molecule has 2 rings (SSSR count). The fraction of sp³-hybridized carbons (Fsp3) is 0.800. The molecule has 1 unspecified atom stereocenters. The first-order valence-electron chi connectivity index (χ1n) is 7.56. The lowest BCUT2D eigenvalue weighted by Crippen LogP contribution is -2.40. The van der Waals surface area contributed by atoms with Gasteiger partial charge in [0.05, 0.1) is 6.42 Å². The predicted octanol–water partition coefficient (Wildman–Crippen LogP) is 1.68. The summed E-state index contributed by atoms with van der Waals surface area (Å²) in [5.41, 5.74) is -0.228. The Labute approximate surface area is 121 Å². The van der Waals surface area contributed by atoms with Gasteiger partial charge in [0.15, 0.2) is 0 Å². The van der Waals surface area contributed by atoms with Gasteiger partial charge in [0.25, 0.3) is 0 Å². The Morgan fingerprint density at radius 2 is 2.20 bits per heavy atom. The molecule has 5 nitrogen and oxygen atoms in total. The minimum atomic E-state index is -0.228. The lowest BCUT2D eigenvalue weighted by Gasteiger charge is -2.30. The maximum absolute atomic E-state index is 12.8. The van der Waals surface area contributed by atoms with Gasteiger partial charge in [0.1, 0.15) is 17.9 Å². The second-order valence-electron chi connectivity index (χ2n) is 6.59. The van der Waals surface area contributed by atoms with Gasteiger partial charge in [-0.3, -0.25) is 4.79 Å². The summed E-state index contributed by atoms with van der Waals surface area (Å²) in [6.07, 6.45) is 2.88. The van der Waals surface area contributed by atoms with E-state index in [-0.39, 0.29) is 5.41 Å². The molecule has 1 fully saturated rings. The predicted molar refractivity (Wildman–Crippen MR) is 78.3 cm³/mol. The minimum Gasteiger partial charge on any atom is -0.316 e. The zero-order valence-corrected chi connectivity index (χ0v) is 13.0. The highest BCUT2D eigenvalue weighted by atomic mass is 16.1. The third-order valence-electron chi connectivity index (χ3n) is 4.40. The number of hydrogen-bond acceptors (Lipinski definition) is 4. The summed E-state index contributed by atoms with van der Waals surface area (Å²) < 4.78 is 1.87. The van der Waals surface area contributed by atoms with Crippen LogP contribution in [0.3, 0.4) is 0 Å². The third-order valence-corrected chi connectivity index (χ3v) is 4.40. The van der Waals surface area contributed by atoms with E-state index in [1.54, 1.807) is 6.33 Å². The molecule has 0 radical (unpaired) electrons. The molecule has 1 saturated heterocycles. The molecule has 5 heteroatoms. The second kappa shape index (κ2) is 6.04. The van der Waals surface area contributed by atoms with Gasteiger partial charge in [-0.25, -0.2) is 9.67 Å². The van der Waals surface area contributed by atoms with E-state index in [1.807, 2.05) is 4.68 Å². The molecular weight excluding hydrogens is 252 g/mol. The number of carbonyl (C=O) groups excluding carboxylic acids is 1. The highest BCUT2D eigenvalue weighted by Gasteiger charge is 2.43. The highest BCUT2D eigenvalue weighted by molar-refractivity contribution is 5.87. The van der Waals surface area contributed by atoms with Crippen molar-refractivity contribution in [3.8, 4) is 0 Å². The Kier molecular flexibility index (Phi) is 4.58. The minimum absolute atomic E-state index is 0.228. The van der Waals surface area contributed by atoms with E-state index in [9.17, 15) is 4.79 Å². The van der Waals surface area contributed by atoms with Crippen LogP contribution < -0.4 is 5.32 Å². The van der Waals surface area contributed by atoms with Crippen LogP contribution in [-0.2, 0) is 17.8 Å². The van der Waals surface area contributed by atoms with E-state index >= 15 is 0 Å². The summed E-state index contributed by atoms with van der Waals surface area (Å²) in [7, 11) is 0. The van der Waals surface area contributed by atoms with Crippen LogP contribution in [0, 0.1) is 17.3 Å². The van der Waals surface area contributed by atoms with E-state index in [0.717, 1.165) is 31.9 Å². The fourth-order valence-electron chi connectivity index (χ4n) is 3.01. The molecule has 1 aromatic heterocycles. The van der Waals surface area contributed by atoms with Crippen molar-refractivity contribution < 1.29 is 4.79 Å². The Morgan fingerprint density at radius 1 is 1.45 bits per heavy atom. The maximum Gasteiger partial charge on any atom is 0.148 e. The molecule has 0 aliphatic carbocycles. The van der Waals surface area contributed by atoms with Gasteiger partial charge in [-0.15, -0.1) is 0 Å². The zero-order chi connectivity index (χ0) is 14.8. The van der Waals surface area contributed by atoms with Crippen LogP contribution in [0.15, 0.2) is 6.33 Å². The number of Topliss-reactive ketones (excluding diaryl/α,β-unsaturated/α-hetero) is 1. The number of rotatable bonds is 6. The van der Waals surface area contributed by atoms with E-state index in [1.165, 1.54) is 0 Å². The highest BCUT2D eigenvalue weighted by Crippen LogP contribution is 2.36. The van der Waals surface area contributed by atoms with Crippen LogP contribution in [0.1, 0.15) is 39.9 Å². The number of nitrogens with zero attached hydrogens (tertiary/aromatic N) is 3. The largest absolute Gasteiger partial charge is 0.316 e. The first kappa shape index (κ1) is 15.2. The quantitative estimate of drug-likeness (QED) is 0.860. The Morgan fingerprint density at radius 3 is 2.75 bits per heavy atom. The van der Waals surface area contributed by atoms with Gasteiger partial charge in [-0.05, 0) is 24.8 Å². The molecule has 0 bridgehead atoms.